The molecule has 14 heteroatoms. The number of aliphatic hydroxyl groups excluding tert-OH is 2. The molecule has 0 aliphatic heterocycles. The van der Waals surface area contributed by atoms with Crippen LogP contribution in [0.15, 0.2) is 12.2 Å². The highest BCUT2D eigenvalue weighted by Crippen LogP contribution is 2.70. The van der Waals surface area contributed by atoms with Crippen molar-refractivity contribution in [1.82, 2.24) is 21.3 Å². The van der Waals surface area contributed by atoms with E-state index in [2.05, 4.69) is 69.4 Å². The number of allylic oxidation sites excluding steroid dienone is 1. The molecule has 8 saturated carbocycles. The van der Waals surface area contributed by atoms with Gasteiger partial charge in [-0.05, 0) is 324 Å². The van der Waals surface area contributed by atoms with Crippen LogP contribution in [0.1, 0.15) is 229 Å². The van der Waals surface area contributed by atoms with Crippen LogP contribution in [0, 0.1) is 98.6 Å². The summed E-state index contributed by atoms with van der Waals surface area (Å²) in [6.45, 7) is 32.5. The number of rotatable bonds is 30. The Labute approximate surface area is 501 Å². The van der Waals surface area contributed by atoms with Crippen molar-refractivity contribution >= 4 is 16.2 Å². The Kier molecular flexibility index (Phi) is 25.4. The van der Waals surface area contributed by atoms with Gasteiger partial charge in [0.15, 0.2) is 5.78 Å². The Morgan fingerprint density at radius 2 is 0.988 bits per heavy atom. The minimum absolute atomic E-state index is 0.0152. The molecule has 0 bridgehead atoms. The predicted octanol–water partition coefficient (Wildman–Crippen LogP) is 11.4. The van der Waals surface area contributed by atoms with Crippen LogP contribution in [0.25, 0.3) is 0 Å². The number of hydrogen-bond donors (Lipinski definition) is 9. The molecule has 8 unspecified atom stereocenters. The number of Topliss-reactive ketones (excluding diaryl/α,β-unsaturated/α-hetero) is 1. The number of fused-ring (bicyclic) bond motifs is 10. The van der Waals surface area contributed by atoms with Crippen LogP contribution < -0.4 is 32.7 Å². The second-order valence-electron chi connectivity index (χ2n) is 30.7. The number of unbranched alkanes of at least 4 members (excludes halogenated alkanes) is 2. The van der Waals surface area contributed by atoms with Crippen LogP contribution in [0.5, 0.6) is 0 Å². The molecule has 0 saturated heterocycles. The van der Waals surface area contributed by atoms with Crippen molar-refractivity contribution < 1.29 is 32.2 Å². The molecule has 8 fully saturated rings. The first-order chi connectivity index (χ1) is 38.9. The normalized spacial score (nSPS) is 39.8. The molecule has 8 aliphatic carbocycles. The summed E-state index contributed by atoms with van der Waals surface area (Å²) >= 11 is 0. The predicted molar refractivity (Wildman–Crippen MR) is 336 cm³/mol. The minimum Gasteiger partial charge on any atom is -0.393 e. The smallest absolute Gasteiger partial charge is 0.393 e. The molecule has 0 heterocycles. The third-order valence-corrected chi connectivity index (χ3v) is 26.1. The fraction of sp³-hybridized carbons (Fsp3) is 0.956. The fourth-order valence-electron chi connectivity index (χ4n) is 20.9. The lowest BCUT2D eigenvalue weighted by Crippen LogP contribution is -2.59. The second kappa shape index (κ2) is 30.4. The molecule has 21 atom stereocenters. The van der Waals surface area contributed by atoms with Gasteiger partial charge < -0.3 is 42.9 Å². The Hall–Kier alpha value is -1.04. The van der Waals surface area contributed by atoms with E-state index in [1.165, 1.54) is 103 Å². The van der Waals surface area contributed by atoms with E-state index in [9.17, 15) is 28.0 Å². The van der Waals surface area contributed by atoms with Gasteiger partial charge in [-0.2, -0.15) is 8.42 Å². The van der Waals surface area contributed by atoms with E-state index in [0.29, 0.717) is 118 Å². The summed E-state index contributed by atoms with van der Waals surface area (Å²) in [7, 11) is -4.45. The zero-order valence-electron chi connectivity index (χ0n) is 53.7. The number of carbonyl (C=O) groups excluding carboxylic acids is 1. The van der Waals surface area contributed by atoms with Crippen molar-refractivity contribution in [3.8, 4) is 0 Å². The van der Waals surface area contributed by atoms with Gasteiger partial charge in [0.25, 0.3) is 0 Å². The largest absolute Gasteiger partial charge is 0.397 e. The molecule has 8 aliphatic rings. The maximum atomic E-state index is 12.2. The van der Waals surface area contributed by atoms with E-state index in [1.54, 1.807) is 0 Å². The van der Waals surface area contributed by atoms with Gasteiger partial charge in [-0.15, -0.1) is 0 Å². The summed E-state index contributed by atoms with van der Waals surface area (Å²) in [6.07, 6.45) is 28.6. The standard InChI is InChI=1S/C34H65N3O5S.C34H61N3O2/c1-23(2)31(42-43(39,40)41)12-9-24(3)27-10-11-28-32-29(14-16-34(27,28)5)33(4)15-13-26(21-25(33)22-30(32)38)37-20-8-19-36-18-7-6-17-35;1-23(2)30(38)12-9-24(3)27-10-11-28-32-29(14-16-34(27,28)5)33(4)15-13-26(21-25(33)22-31(32)39)37-20-8-19-36-18-7-6-17-35/h23-32,36-38H,6-22,35H2,1-5H3,(H,39,40,41);24-29,31-32,36-37,39H,1,6-22,35H2,2-5H3/t24?,25-,26+,27-,28?,29?,30-,31-,32?,33+,34-;24?,25-,26+,27-,28?,29?,31-,32?,33+,34-/m11/s1. The molecule has 8 rings (SSSR count). The number of nitrogens with two attached hydrogens (primary N) is 2. The lowest BCUT2D eigenvalue weighted by atomic mass is 9.43. The number of hydrogen-bond acceptors (Lipinski definition) is 12. The highest BCUT2D eigenvalue weighted by molar-refractivity contribution is 7.80. The first-order valence-electron chi connectivity index (χ1n) is 34.4. The lowest BCUT2D eigenvalue weighted by molar-refractivity contribution is -0.167. The van der Waals surface area contributed by atoms with E-state index in [1.807, 2.05) is 20.8 Å². The molecule has 476 valence electrons. The van der Waals surface area contributed by atoms with Gasteiger partial charge in [0.1, 0.15) is 0 Å². The van der Waals surface area contributed by atoms with Gasteiger partial charge in [-0.1, -0.05) is 62.0 Å². The summed E-state index contributed by atoms with van der Waals surface area (Å²) in [6, 6.07) is 1.18. The summed E-state index contributed by atoms with van der Waals surface area (Å²) in [4.78, 5) is 12.2. The number of aliphatic hydroxyl groups is 2. The van der Waals surface area contributed by atoms with Gasteiger partial charge in [-0.3, -0.25) is 9.35 Å². The van der Waals surface area contributed by atoms with Gasteiger partial charge >= 0.3 is 10.4 Å². The molecule has 0 amide bonds. The zero-order valence-corrected chi connectivity index (χ0v) is 54.5. The topological polar surface area (TPSA) is 221 Å². The third-order valence-electron chi connectivity index (χ3n) is 25.6. The van der Waals surface area contributed by atoms with E-state index < -0.39 is 16.5 Å². The summed E-state index contributed by atoms with van der Waals surface area (Å²) in [5.74, 6) is 7.10. The Morgan fingerprint density at radius 3 is 1.40 bits per heavy atom. The van der Waals surface area contributed by atoms with Crippen LogP contribution in [-0.2, 0) is 19.4 Å². The van der Waals surface area contributed by atoms with E-state index >= 15 is 0 Å². The van der Waals surface area contributed by atoms with Crippen molar-refractivity contribution in [3.63, 3.8) is 0 Å². The molecular weight excluding hydrogens is 1040 g/mol. The van der Waals surface area contributed by atoms with Crippen LogP contribution in [0.2, 0.25) is 0 Å². The molecule has 13 nitrogen and oxygen atoms in total. The molecule has 11 N–H and O–H groups in total. The highest BCUT2D eigenvalue weighted by atomic mass is 32.3. The van der Waals surface area contributed by atoms with Crippen LogP contribution in [-0.4, -0.2) is 112 Å². The average molecular weight is 1170 g/mol. The SMILES string of the molecule is C=C(C)C(=O)CCC(C)[C@H]1CCC2C3C(CC[C@@]21C)[C@@]1(C)CC[C@H](NCCCNCCCCN)C[C@@H]1C[C@H]3O.CC(CC[C@@H](OS(=O)(=O)O)C(C)C)[C@H]1CCC2C3C(CC[C@@]21C)[C@@]1(C)CC[C@H](NCCCNCCCCN)C[C@@H]1C[C@H]3O. The quantitative estimate of drug-likeness (QED) is 0.0186. The van der Waals surface area contributed by atoms with Crippen molar-refractivity contribution in [2.24, 2.45) is 110 Å². The van der Waals surface area contributed by atoms with Gasteiger partial charge in [0.05, 0.1) is 18.3 Å². The molecule has 0 spiro atoms. The third kappa shape index (κ3) is 16.2. The van der Waals surface area contributed by atoms with Crippen LogP contribution in [0.3, 0.4) is 0 Å². The van der Waals surface area contributed by atoms with Gasteiger partial charge in [0.2, 0.25) is 0 Å². The fourth-order valence-corrected chi connectivity index (χ4v) is 21.5. The average Bonchev–Trinajstić information content (AvgIpc) is 3.55. The zero-order chi connectivity index (χ0) is 59.6. The molecule has 0 radical (unpaired) electrons. The maximum Gasteiger partial charge on any atom is 0.397 e. The molecule has 0 aromatic carbocycles. The first kappa shape index (κ1) is 68.5. The second-order valence-corrected chi connectivity index (χ2v) is 31.7. The molecular formula is C68H126N6O7S. The minimum atomic E-state index is -4.45. The van der Waals surface area contributed by atoms with E-state index in [-0.39, 0.29) is 29.3 Å². The van der Waals surface area contributed by atoms with Gasteiger partial charge in [0, 0.05) is 18.5 Å². The Balaban J connectivity index is 0.000000237. The van der Waals surface area contributed by atoms with Crippen molar-refractivity contribution in [3.05, 3.63) is 12.2 Å². The van der Waals surface area contributed by atoms with Gasteiger partial charge in [-0.25, -0.2) is 4.18 Å². The first-order valence-corrected chi connectivity index (χ1v) is 35.8. The molecule has 0 aromatic rings. The van der Waals surface area contributed by atoms with Crippen molar-refractivity contribution in [2.75, 3.05) is 52.4 Å². The monoisotopic (exact) mass is 1170 g/mol. The van der Waals surface area contributed by atoms with Crippen molar-refractivity contribution in [1.29, 1.82) is 0 Å². The number of ketones is 1. The Bertz CT molecular complexity index is 2100. The van der Waals surface area contributed by atoms with Crippen LogP contribution >= 0.6 is 0 Å². The highest BCUT2D eigenvalue weighted by Gasteiger charge is 2.65. The molecule has 0 aromatic heterocycles. The number of carbonyl (C=O) groups is 1. The summed E-state index contributed by atoms with van der Waals surface area (Å²) < 4.78 is 37.1. The lowest BCUT2D eigenvalue weighted by Gasteiger charge is -2.62. The molecule has 82 heavy (non-hydrogen) atoms. The summed E-state index contributed by atoms with van der Waals surface area (Å²) in [5, 5.41) is 38.3. The van der Waals surface area contributed by atoms with Crippen LogP contribution in [0.4, 0.5) is 0 Å². The van der Waals surface area contributed by atoms with Crippen molar-refractivity contribution in [2.45, 2.75) is 260 Å². The van der Waals surface area contributed by atoms with E-state index in [0.717, 1.165) is 104 Å². The van der Waals surface area contributed by atoms with E-state index in [4.69, 9.17) is 15.7 Å². The summed E-state index contributed by atoms with van der Waals surface area (Å²) in [5.41, 5.74) is 13.1. The maximum absolute atomic E-state index is 12.2. The Morgan fingerprint density at radius 1 is 0.573 bits per heavy atom. The number of nitrogens with one attached hydrogen (secondary N) is 4.